The van der Waals surface area contributed by atoms with Crippen molar-refractivity contribution in [3.05, 3.63) is 18.1 Å². The third-order valence-corrected chi connectivity index (χ3v) is 4.10. The Morgan fingerprint density at radius 2 is 2.05 bits per heavy atom. The molecule has 0 aromatic carbocycles. The second kappa shape index (κ2) is 8.29. The molecule has 0 spiro atoms. The smallest absolute Gasteiger partial charge is 0.144 e. The lowest BCUT2D eigenvalue weighted by molar-refractivity contribution is 0.172. The van der Waals surface area contributed by atoms with Gasteiger partial charge in [0.15, 0.2) is 0 Å². The highest BCUT2D eigenvalue weighted by molar-refractivity contribution is 5.30. The highest BCUT2D eigenvalue weighted by Gasteiger charge is 2.18. The topological polar surface area (TPSA) is 44.3 Å². The fourth-order valence-corrected chi connectivity index (χ4v) is 2.81. The van der Waals surface area contributed by atoms with Crippen molar-refractivity contribution in [2.75, 3.05) is 45.6 Å². The van der Waals surface area contributed by atoms with E-state index in [1.165, 1.54) is 25.9 Å². The molecular formula is C16H29N5. The predicted molar refractivity (Wildman–Crippen MR) is 87.4 cm³/mol. The minimum absolute atomic E-state index is 0.824. The quantitative estimate of drug-likeness (QED) is 0.833. The molecule has 5 heteroatoms. The van der Waals surface area contributed by atoms with E-state index in [1.54, 1.807) is 0 Å². The largest absolute Gasteiger partial charge is 0.369 e. The summed E-state index contributed by atoms with van der Waals surface area (Å²) in [6.45, 7) is 7.60. The third-order valence-electron chi connectivity index (χ3n) is 4.10. The van der Waals surface area contributed by atoms with Crippen LogP contribution < -0.4 is 5.32 Å². The van der Waals surface area contributed by atoms with E-state index in [1.807, 2.05) is 12.4 Å². The van der Waals surface area contributed by atoms with Crippen LogP contribution >= 0.6 is 0 Å². The maximum absolute atomic E-state index is 4.50. The molecule has 2 heterocycles. The number of aromatic nitrogens is 2. The Labute approximate surface area is 128 Å². The van der Waals surface area contributed by atoms with Crippen LogP contribution in [0.4, 0.5) is 5.82 Å². The van der Waals surface area contributed by atoms with Gasteiger partial charge >= 0.3 is 0 Å². The lowest BCUT2D eigenvalue weighted by Gasteiger charge is -2.31. The molecule has 1 aliphatic rings. The van der Waals surface area contributed by atoms with E-state index < -0.39 is 0 Å². The summed E-state index contributed by atoms with van der Waals surface area (Å²) in [6, 6.07) is 0. The molecule has 1 aliphatic heterocycles. The number of rotatable bonds is 7. The first-order valence-electron chi connectivity index (χ1n) is 8.09. The van der Waals surface area contributed by atoms with E-state index >= 15 is 0 Å². The van der Waals surface area contributed by atoms with Crippen LogP contribution in [0, 0.1) is 5.92 Å². The van der Waals surface area contributed by atoms with Crippen LogP contribution in [0.25, 0.3) is 0 Å². The Morgan fingerprint density at radius 1 is 1.29 bits per heavy atom. The van der Waals surface area contributed by atoms with Gasteiger partial charge in [-0.3, -0.25) is 4.98 Å². The van der Waals surface area contributed by atoms with Crippen molar-refractivity contribution in [3.63, 3.8) is 0 Å². The molecule has 21 heavy (non-hydrogen) atoms. The Hall–Kier alpha value is -1.20. The minimum Gasteiger partial charge on any atom is -0.369 e. The van der Waals surface area contributed by atoms with Gasteiger partial charge in [-0.25, -0.2) is 4.98 Å². The molecule has 0 amide bonds. The van der Waals surface area contributed by atoms with Gasteiger partial charge < -0.3 is 15.1 Å². The van der Waals surface area contributed by atoms with Gasteiger partial charge in [-0.2, -0.15) is 0 Å². The Balaban J connectivity index is 1.75. The van der Waals surface area contributed by atoms with Gasteiger partial charge in [-0.05, 0) is 52.4 Å². The summed E-state index contributed by atoms with van der Waals surface area (Å²) in [6.07, 6.45) is 7.46. The van der Waals surface area contributed by atoms with Crippen molar-refractivity contribution < 1.29 is 0 Å². The molecule has 0 atom stereocenters. The standard InChI is InChI=1S/C16H29N5/c1-4-7-17-16-11-18-15(10-19-16)13-21(3)12-14-5-8-20(2)9-6-14/h10-11,14H,4-9,12-13H2,1-3H3,(H,17,19). The lowest BCUT2D eigenvalue weighted by atomic mass is 9.97. The molecule has 0 unspecified atom stereocenters. The first kappa shape index (κ1) is 16.2. The van der Waals surface area contributed by atoms with Gasteiger partial charge in [0.2, 0.25) is 0 Å². The predicted octanol–water partition coefficient (Wildman–Crippen LogP) is 2.07. The van der Waals surface area contributed by atoms with Crippen LogP contribution in [-0.2, 0) is 6.54 Å². The van der Waals surface area contributed by atoms with Gasteiger partial charge in [-0.1, -0.05) is 6.92 Å². The second-order valence-corrected chi connectivity index (χ2v) is 6.26. The third kappa shape index (κ3) is 5.59. The summed E-state index contributed by atoms with van der Waals surface area (Å²) < 4.78 is 0. The van der Waals surface area contributed by atoms with Gasteiger partial charge in [0, 0.05) is 19.6 Å². The highest BCUT2D eigenvalue weighted by atomic mass is 15.1. The zero-order valence-electron chi connectivity index (χ0n) is 13.7. The number of piperidine rings is 1. The number of nitrogens with one attached hydrogen (secondary N) is 1. The average Bonchev–Trinajstić information content (AvgIpc) is 2.49. The molecule has 0 radical (unpaired) electrons. The molecule has 1 fully saturated rings. The van der Waals surface area contributed by atoms with E-state index in [2.05, 4.69) is 46.1 Å². The van der Waals surface area contributed by atoms with E-state index in [9.17, 15) is 0 Å². The number of hydrogen-bond acceptors (Lipinski definition) is 5. The summed E-state index contributed by atoms with van der Waals surface area (Å²) in [7, 11) is 4.40. The number of likely N-dealkylation sites (tertiary alicyclic amines) is 1. The second-order valence-electron chi connectivity index (χ2n) is 6.26. The van der Waals surface area contributed by atoms with Crippen molar-refractivity contribution in [2.24, 2.45) is 5.92 Å². The molecular weight excluding hydrogens is 262 g/mol. The number of nitrogens with zero attached hydrogens (tertiary/aromatic N) is 4. The summed E-state index contributed by atoms with van der Waals surface area (Å²) >= 11 is 0. The van der Waals surface area contributed by atoms with Crippen LogP contribution in [0.1, 0.15) is 31.9 Å². The van der Waals surface area contributed by atoms with Crippen molar-refractivity contribution >= 4 is 5.82 Å². The molecule has 1 aromatic heterocycles. The molecule has 0 aliphatic carbocycles. The van der Waals surface area contributed by atoms with Crippen LogP contribution in [-0.4, -0.2) is 60.0 Å². The first-order valence-corrected chi connectivity index (χ1v) is 8.09. The SMILES string of the molecule is CCCNc1cnc(CN(C)CC2CCN(C)CC2)cn1. The lowest BCUT2D eigenvalue weighted by Crippen LogP contribution is -2.35. The van der Waals surface area contributed by atoms with Crippen molar-refractivity contribution in [3.8, 4) is 0 Å². The van der Waals surface area contributed by atoms with E-state index in [0.29, 0.717) is 0 Å². The average molecular weight is 291 g/mol. The number of anilines is 1. The molecule has 5 nitrogen and oxygen atoms in total. The van der Waals surface area contributed by atoms with E-state index in [0.717, 1.165) is 43.5 Å². The van der Waals surface area contributed by atoms with Gasteiger partial charge in [0.05, 0.1) is 18.1 Å². The normalized spacial score (nSPS) is 17.3. The summed E-state index contributed by atoms with van der Waals surface area (Å²) in [4.78, 5) is 13.7. The molecule has 1 aromatic rings. The Bertz CT molecular complexity index is 398. The molecule has 1 saturated heterocycles. The fraction of sp³-hybridized carbons (Fsp3) is 0.750. The van der Waals surface area contributed by atoms with E-state index in [4.69, 9.17) is 0 Å². The molecule has 2 rings (SSSR count). The summed E-state index contributed by atoms with van der Waals surface area (Å²) in [5.74, 6) is 1.70. The van der Waals surface area contributed by atoms with E-state index in [-0.39, 0.29) is 0 Å². The van der Waals surface area contributed by atoms with Crippen LogP contribution in [0.3, 0.4) is 0 Å². The van der Waals surface area contributed by atoms with Gasteiger partial charge in [0.25, 0.3) is 0 Å². The molecule has 0 bridgehead atoms. The first-order chi connectivity index (χ1) is 10.2. The highest BCUT2D eigenvalue weighted by Crippen LogP contribution is 2.17. The monoisotopic (exact) mass is 291 g/mol. The molecule has 0 saturated carbocycles. The van der Waals surface area contributed by atoms with Gasteiger partial charge in [-0.15, -0.1) is 0 Å². The van der Waals surface area contributed by atoms with Crippen LogP contribution in [0.5, 0.6) is 0 Å². The Kier molecular flexibility index (Phi) is 6.39. The van der Waals surface area contributed by atoms with Crippen molar-refractivity contribution in [1.29, 1.82) is 0 Å². The summed E-state index contributed by atoms with van der Waals surface area (Å²) in [5.41, 5.74) is 1.05. The zero-order chi connectivity index (χ0) is 15.1. The zero-order valence-corrected chi connectivity index (χ0v) is 13.7. The van der Waals surface area contributed by atoms with Crippen molar-refractivity contribution in [2.45, 2.75) is 32.7 Å². The van der Waals surface area contributed by atoms with Gasteiger partial charge in [0.1, 0.15) is 5.82 Å². The fourth-order valence-electron chi connectivity index (χ4n) is 2.81. The summed E-state index contributed by atoms with van der Waals surface area (Å²) in [5, 5.41) is 3.25. The number of hydrogen-bond donors (Lipinski definition) is 1. The molecule has 118 valence electrons. The van der Waals surface area contributed by atoms with Crippen LogP contribution in [0.15, 0.2) is 12.4 Å². The molecule has 1 N–H and O–H groups in total. The van der Waals surface area contributed by atoms with Crippen LogP contribution in [0.2, 0.25) is 0 Å². The Morgan fingerprint density at radius 3 is 2.67 bits per heavy atom. The minimum atomic E-state index is 0.824. The maximum Gasteiger partial charge on any atom is 0.144 e. The van der Waals surface area contributed by atoms with Crippen molar-refractivity contribution in [1.82, 2.24) is 19.8 Å². The maximum atomic E-state index is 4.50.